The zero-order chi connectivity index (χ0) is 20.9. The molecule has 0 unspecified atom stereocenters. The monoisotopic (exact) mass is 430 g/mol. The molecule has 0 radical (unpaired) electrons. The van der Waals surface area contributed by atoms with Gasteiger partial charge in [0.25, 0.3) is 0 Å². The second-order valence-electron chi connectivity index (χ2n) is 6.82. The molecule has 0 spiro atoms. The first kappa shape index (κ1) is 34.7. The second-order valence-corrected chi connectivity index (χ2v) is 8.60. The summed E-state index contributed by atoms with van der Waals surface area (Å²) in [5, 5.41) is 0. The molecule has 0 aliphatic heterocycles. The molecule has 28 heavy (non-hydrogen) atoms. The van der Waals surface area contributed by atoms with Gasteiger partial charge in [-0.05, 0) is 23.7 Å². The average molecular weight is 431 g/mol. The number of rotatable bonds is 4. The Balaban J connectivity index is -0.000000165. The van der Waals surface area contributed by atoms with Gasteiger partial charge in [0.05, 0.1) is 22.4 Å². The third kappa shape index (κ3) is 12.0. The van der Waals surface area contributed by atoms with Gasteiger partial charge in [0.2, 0.25) is 0 Å². The molecule has 0 saturated heterocycles. The Hall–Kier alpha value is -0.740. The van der Waals surface area contributed by atoms with E-state index in [-0.39, 0.29) is 14.9 Å². The molecule has 2 aromatic rings. The van der Waals surface area contributed by atoms with Crippen LogP contribution in [-0.2, 0) is 0 Å². The lowest BCUT2D eigenvalue weighted by molar-refractivity contribution is 0.781. The van der Waals surface area contributed by atoms with E-state index in [0.717, 1.165) is 0 Å². The topological polar surface area (TPSA) is 25.8 Å². The van der Waals surface area contributed by atoms with Gasteiger partial charge in [0.15, 0.2) is 0 Å². The summed E-state index contributed by atoms with van der Waals surface area (Å²) < 4.78 is 0. The van der Waals surface area contributed by atoms with E-state index in [9.17, 15) is 0 Å². The summed E-state index contributed by atoms with van der Waals surface area (Å²) in [6.07, 6.45) is 0. The Labute approximate surface area is 186 Å². The number of thiazole rings is 2. The Morgan fingerprint density at radius 2 is 0.786 bits per heavy atom. The molecular weight excluding hydrogens is 380 g/mol. The second kappa shape index (κ2) is 19.6. The molecule has 0 amide bonds. The van der Waals surface area contributed by atoms with E-state index in [1.54, 1.807) is 22.7 Å². The van der Waals surface area contributed by atoms with Crippen LogP contribution >= 0.6 is 22.7 Å². The fraction of sp³-hybridized carbons (Fsp3) is 0.750. The lowest BCUT2D eigenvalue weighted by atomic mass is 10.0. The smallest absolute Gasteiger partial charge is 0.0797 e. The van der Waals surface area contributed by atoms with Crippen LogP contribution in [0.5, 0.6) is 0 Å². The van der Waals surface area contributed by atoms with Crippen molar-refractivity contribution in [3.63, 3.8) is 0 Å². The molecule has 2 aromatic heterocycles. The van der Waals surface area contributed by atoms with Crippen LogP contribution in [-0.4, -0.2) is 9.97 Å². The predicted octanol–water partition coefficient (Wildman–Crippen LogP) is 10.1. The predicted molar refractivity (Wildman–Crippen MR) is 137 cm³/mol. The van der Waals surface area contributed by atoms with E-state index >= 15 is 0 Å². The first-order valence-electron chi connectivity index (χ1n) is 10.1. The van der Waals surface area contributed by atoms with E-state index in [0.29, 0.717) is 23.7 Å². The SMILES string of the molecule is C.C.CC.CC.CC(C)c1ncsc1C(C)C.CC(C)c1ncsc1C(C)C. The maximum atomic E-state index is 4.36. The first-order valence-corrected chi connectivity index (χ1v) is 11.9. The average Bonchev–Trinajstić information content (AvgIpc) is 3.28. The van der Waals surface area contributed by atoms with Gasteiger partial charge in [0.1, 0.15) is 0 Å². The third-order valence-electron chi connectivity index (χ3n) is 3.39. The molecule has 168 valence electrons. The van der Waals surface area contributed by atoms with Crippen molar-refractivity contribution in [2.24, 2.45) is 0 Å². The van der Waals surface area contributed by atoms with Gasteiger partial charge in [-0.3, -0.25) is 0 Å². The summed E-state index contributed by atoms with van der Waals surface area (Å²) in [7, 11) is 0. The van der Waals surface area contributed by atoms with Gasteiger partial charge in [-0.25, -0.2) is 9.97 Å². The summed E-state index contributed by atoms with van der Waals surface area (Å²) in [4.78, 5) is 11.6. The largest absolute Gasteiger partial charge is 0.249 e. The summed E-state index contributed by atoms with van der Waals surface area (Å²) in [6, 6.07) is 0. The molecule has 0 bridgehead atoms. The maximum Gasteiger partial charge on any atom is 0.0797 e. The highest BCUT2D eigenvalue weighted by molar-refractivity contribution is 7.10. The third-order valence-corrected chi connectivity index (χ3v) is 5.68. The molecule has 0 aromatic carbocycles. The molecule has 4 heteroatoms. The molecular formula is C24H50N2S2. The van der Waals surface area contributed by atoms with Crippen LogP contribution in [0, 0.1) is 0 Å². The molecule has 2 heterocycles. The number of hydrogen-bond acceptors (Lipinski definition) is 4. The Kier molecular flexibility index (Phi) is 24.3. The van der Waals surface area contributed by atoms with Gasteiger partial charge < -0.3 is 0 Å². The van der Waals surface area contributed by atoms with Crippen molar-refractivity contribution in [3.8, 4) is 0 Å². The van der Waals surface area contributed by atoms with E-state index in [2.05, 4.69) is 65.4 Å². The van der Waals surface area contributed by atoms with Crippen molar-refractivity contribution in [1.29, 1.82) is 0 Å². The fourth-order valence-corrected chi connectivity index (χ4v) is 4.18. The summed E-state index contributed by atoms with van der Waals surface area (Å²) >= 11 is 3.55. The number of hydrogen-bond donors (Lipinski definition) is 0. The minimum Gasteiger partial charge on any atom is -0.249 e. The minimum atomic E-state index is 0. The quantitative estimate of drug-likeness (QED) is 0.482. The fourth-order valence-electron chi connectivity index (χ4n) is 2.26. The Morgan fingerprint density at radius 3 is 0.929 bits per heavy atom. The Morgan fingerprint density at radius 1 is 0.536 bits per heavy atom. The normalized spacial score (nSPS) is 9.43. The molecule has 0 aliphatic carbocycles. The summed E-state index contributed by atoms with van der Waals surface area (Å²) in [6.45, 7) is 25.7. The van der Waals surface area contributed by atoms with Crippen molar-refractivity contribution in [2.45, 2.75) is 122 Å². The van der Waals surface area contributed by atoms with Crippen LogP contribution in [0.1, 0.15) is 143 Å². The van der Waals surface area contributed by atoms with Gasteiger partial charge in [-0.15, -0.1) is 22.7 Å². The van der Waals surface area contributed by atoms with Crippen molar-refractivity contribution in [3.05, 3.63) is 32.2 Å². The van der Waals surface area contributed by atoms with Crippen molar-refractivity contribution >= 4 is 22.7 Å². The lowest BCUT2D eigenvalue weighted by Gasteiger charge is -2.07. The first-order chi connectivity index (χ1) is 12.3. The van der Waals surface area contributed by atoms with Crippen LogP contribution < -0.4 is 0 Å². The highest BCUT2D eigenvalue weighted by atomic mass is 32.1. The molecule has 0 N–H and O–H groups in total. The van der Waals surface area contributed by atoms with Gasteiger partial charge >= 0.3 is 0 Å². The summed E-state index contributed by atoms with van der Waals surface area (Å²) in [5.74, 6) is 2.39. The van der Waals surface area contributed by atoms with Crippen molar-refractivity contribution < 1.29 is 0 Å². The van der Waals surface area contributed by atoms with Crippen LogP contribution in [0.25, 0.3) is 0 Å². The molecule has 0 aliphatic rings. The van der Waals surface area contributed by atoms with Crippen LogP contribution in [0.3, 0.4) is 0 Å². The van der Waals surface area contributed by atoms with E-state index < -0.39 is 0 Å². The molecule has 0 saturated carbocycles. The van der Waals surface area contributed by atoms with E-state index in [4.69, 9.17) is 0 Å². The molecule has 0 fully saturated rings. The van der Waals surface area contributed by atoms with E-state index in [1.807, 2.05) is 38.7 Å². The van der Waals surface area contributed by atoms with Crippen molar-refractivity contribution in [2.75, 3.05) is 0 Å². The van der Waals surface area contributed by atoms with Gasteiger partial charge in [-0.2, -0.15) is 0 Å². The van der Waals surface area contributed by atoms with Crippen LogP contribution in [0.4, 0.5) is 0 Å². The Bertz CT molecular complexity index is 457. The number of aromatic nitrogens is 2. The molecule has 2 rings (SSSR count). The number of nitrogens with zero attached hydrogens (tertiary/aromatic N) is 2. The van der Waals surface area contributed by atoms with Crippen LogP contribution in [0.2, 0.25) is 0 Å². The zero-order valence-electron chi connectivity index (χ0n) is 19.2. The van der Waals surface area contributed by atoms with Crippen LogP contribution in [0.15, 0.2) is 11.0 Å². The van der Waals surface area contributed by atoms with Gasteiger partial charge in [0, 0.05) is 9.75 Å². The van der Waals surface area contributed by atoms with E-state index in [1.165, 1.54) is 21.1 Å². The standard InChI is InChI=1S/2C9H15NS.2C2H6.2CH4/c2*1-6(2)8-9(7(3)4)11-5-10-8;2*1-2;;/h2*5-7H,1-4H3;2*1-2H3;2*1H4. The molecule has 2 nitrogen and oxygen atoms in total. The molecule has 0 atom stereocenters. The summed E-state index contributed by atoms with van der Waals surface area (Å²) in [5.41, 5.74) is 6.46. The zero-order valence-corrected chi connectivity index (χ0v) is 20.8. The lowest BCUT2D eigenvalue weighted by Crippen LogP contribution is -1.94. The highest BCUT2D eigenvalue weighted by Crippen LogP contribution is 2.28. The van der Waals surface area contributed by atoms with Crippen molar-refractivity contribution in [1.82, 2.24) is 9.97 Å². The highest BCUT2D eigenvalue weighted by Gasteiger charge is 2.12. The maximum absolute atomic E-state index is 4.36. The minimum absolute atomic E-state index is 0. The van der Waals surface area contributed by atoms with Gasteiger partial charge in [-0.1, -0.05) is 97.9 Å².